The number of nitrogens with zero attached hydrogens (tertiary/aromatic N) is 4. The Balaban J connectivity index is 2.14. The molecule has 6 nitrogen and oxygen atoms in total. The third kappa shape index (κ3) is 1.97. The minimum atomic E-state index is 0.344. The first kappa shape index (κ1) is 12.4. The van der Waals surface area contributed by atoms with Crippen molar-refractivity contribution >= 4 is 11.0 Å². The number of methoxy groups -OCH3 is 1. The van der Waals surface area contributed by atoms with Crippen LogP contribution in [0.15, 0.2) is 12.5 Å². The van der Waals surface area contributed by atoms with E-state index in [9.17, 15) is 0 Å². The fraction of sp³-hybridized carbons (Fsp3) is 0.538. The predicted molar refractivity (Wildman–Crippen MR) is 73.3 cm³/mol. The molecule has 6 heteroatoms. The van der Waals surface area contributed by atoms with Crippen molar-refractivity contribution in [3.63, 3.8) is 0 Å². The zero-order chi connectivity index (χ0) is 13.4. The zero-order valence-corrected chi connectivity index (χ0v) is 11.6. The average Bonchev–Trinajstić information content (AvgIpc) is 2.77. The average molecular weight is 261 g/mol. The van der Waals surface area contributed by atoms with Gasteiger partial charge in [0, 0.05) is 38.4 Å². The number of hydrogen-bond acceptors (Lipinski definition) is 5. The number of piperazine rings is 1. The summed E-state index contributed by atoms with van der Waals surface area (Å²) in [6.45, 7) is 3.03. The van der Waals surface area contributed by atoms with E-state index < -0.39 is 0 Å². The Morgan fingerprint density at radius 2 is 2.21 bits per heavy atom. The number of hydrogen-bond donors (Lipinski definition) is 1. The van der Waals surface area contributed by atoms with E-state index >= 15 is 0 Å². The van der Waals surface area contributed by atoms with Gasteiger partial charge in [-0.15, -0.1) is 0 Å². The number of likely N-dealkylation sites (N-methyl/N-ethyl adjacent to an activating group) is 1. The lowest BCUT2D eigenvalue weighted by atomic mass is 10.1. The molecule has 3 rings (SSSR count). The maximum atomic E-state index is 5.33. The molecule has 19 heavy (non-hydrogen) atoms. The van der Waals surface area contributed by atoms with Gasteiger partial charge in [0.25, 0.3) is 0 Å². The molecule has 0 saturated carbocycles. The van der Waals surface area contributed by atoms with Crippen molar-refractivity contribution in [3.8, 4) is 5.88 Å². The van der Waals surface area contributed by atoms with Crippen LogP contribution in [0, 0.1) is 0 Å². The maximum Gasteiger partial charge on any atom is 0.241 e. The molecule has 1 saturated heterocycles. The topological polar surface area (TPSA) is 55.2 Å². The highest BCUT2D eigenvalue weighted by Crippen LogP contribution is 2.31. The summed E-state index contributed by atoms with van der Waals surface area (Å²) < 4.78 is 7.38. The molecule has 1 aliphatic rings. The number of aryl methyl sites for hydroxylation is 1. The fourth-order valence-electron chi connectivity index (χ4n) is 2.77. The van der Waals surface area contributed by atoms with Crippen molar-refractivity contribution in [2.45, 2.75) is 6.04 Å². The Labute approximate surface area is 112 Å². The van der Waals surface area contributed by atoms with Crippen molar-refractivity contribution in [1.29, 1.82) is 0 Å². The van der Waals surface area contributed by atoms with Crippen LogP contribution in [0.1, 0.15) is 11.6 Å². The maximum absolute atomic E-state index is 5.33. The van der Waals surface area contributed by atoms with Crippen LogP contribution in [-0.4, -0.2) is 53.2 Å². The minimum Gasteiger partial charge on any atom is -0.479 e. The van der Waals surface area contributed by atoms with Gasteiger partial charge >= 0.3 is 0 Å². The molecule has 0 aliphatic carbocycles. The second-order valence-electron chi connectivity index (χ2n) is 4.98. The first-order valence-corrected chi connectivity index (χ1v) is 6.47. The standard InChI is InChI=1S/C13H19N5O/c1-17-5-4-14-6-10(17)9-7-18(2)12-11(9)15-8-16-13(12)19-3/h7-8,10,14H,4-6H2,1-3H3. The Bertz CT molecular complexity index is 594. The van der Waals surface area contributed by atoms with E-state index in [1.54, 1.807) is 13.4 Å². The first-order valence-electron chi connectivity index (χ1n) is 6.47. The van der Waals surface area contributed by atoms with Gasteiger partial charge < -0.3 is 14.6 Å². The monoisotopic (exact) mass is 261 g/mol. The van der Waals surface area contributed by atoms with Crippen LogP contribution in [0.3, 0.4) is 0 Å². The van der Waals surface area contributed by atoms with Gasteiger partial charge in [-0.25, -0.2) is 4.98 Å². The van der Waals surface area contributed by atoms with Crippen molar-refractivity contribution in [3.05, 3.63) is 18.1 Å². The van der Waals surface area contributed by atoms with E-state index in [0.717, 1.165) is 30.7 Å². The Kier molecular flexibility index (Phi) is 3.12. The van der Waals surface area contributed by atoms with E-state index in [0.29, 0.717) is 11.9 Å². The quantitative estimate of drug-likeness (QED) is 0.855. The molecule has 1 unspecified atom stereocenters. The molecule has 1 aliphatic heterocycles. The van der Waals surface area contributed by atoms with Crippen molar-refractivity contribution in [1.82, 2.24) is 24.8 Å². The zero-order valence-electron chi connectivity index (χ0n) is 11.6. The number of ether oxygens (including phenoxy) is 1. The number of aromatic nitrogens is 3. The van der Waals surface area contributed by atoms with E-state index in [4.69, 9.17) is 4.74 Å². The van der Waals surface area contributed by atoms with Crippen LogP contribution in [0.5, 0.6) is 5.88 Å². The van der Waals surface area contributed by atoms with Gasteiger partial charge in [-0.2, -0.15) is 4.98 Å². The summed E-state index contributed by atoms with van der Waals surface area (Å²) in [5, 5.41) is 3.44. The summed E-state index contributed by atoms with van der Waals surface area (Å²) in [6.07, 6.45) is 3.71. The lowest BCUT2D eigenvalue weighted by molar-refractivity contribution is 0.203. The van der Waals surface area contributed by atoms with Crippen LogP contribution < -0.4 is 10.1 Å². The Hall–Kier alpha value is -1.66. The SMILES string of the molecule is COc1ncnc2c(C3CNCCN3C)cn(C)c12. The van der Waals surface area contributed by atoms with Crippen molar-refractivity contribution in [2.24, 2.45) is 7.05 Å². The van der Waals surface area contributed by atoms with Crippen molar-refractivity contribution < 1.29 is 4.74 Å². The fourth-order valence-corrected chi connectivity index (χ4v) is 2.77. The van der Waals surface area contributed by atoms with Crippen LogP contribution in [0.4, 0.5) is 0 Å². The molecule has 102 valence electrons. The van der Waals surface area contributed by atoms with Gasteiger partial charge in [-0.05, 0) is 7.05 Å². The van der Waals surface area contributed by atoms with Crippen LogP contribution in [0.2, 0.25) is 0 Å². The lowest BCUT2D eigenvalue weighted by Gasteiger charge is -2.32. The van der Waals surface area contributed by atoms with Crippen LogP contribution in [0.25, 0.3) is 11.0 Å². The molecule has 0 radical (unpaired) electrons. The molecule has 3 heterocycles. The minimum absolute atomic E-state index is 0.344. The number of rotatable bonds is 2. The number of fused-ring (bicyclic) bond motifs is 1. The summed E-state index contributed by atoms with van der Waals surface area (Å²) in [5.74, 6) is 0.630. The van der Waals surface area contributed by atoms with Gasteiger partial charge in [0.1, 0.15) is 17.4 Å². The normalized spacial score (nSPS) is 20.9. The lowest BCUT2D eigenvalue weighted by Crippen LogP contribution is -2.43. The highest BCUT2D eigenvalue weighted by molar-refractivity contribution is 5.84. The number of nitrogens with one attached hydrogen (secondary N) is 1. The first-order chi connectivity index (χ1) is 9.22. The molecule has 2 aromatic heterocycles. The molecular weight excluding hydrogens is 242 g/mol. The molecule has 0 amide bonds. The van der Waals surface area contributed by atoms with Crippen LogP contribution in [-0.2, 0) is 7.05 Å². The summed E-state index contributed by atoms with van der Waals surface area (Å²) in [4.78, 5) is 11.0. The molecule has 1 atom stereocenters. The van der Waals surface area contributed by atoms with E-state index in [2.05, 4.69) is 33.4 Å². The summed E-state index contributed by atoms with van der Waals surface area (Å²) in [7, 11) is 5.81. The summed E-state index contributed by atoms with van der Waals surface area (Å²) >= 11 is 0. The molecular formula is C13H19N5O. The highest BCUT2D eigenvalue weighted by Gasteiger charge is 2.25. The van der Waals surface area contributed by atoms with E-state index in [-0.39, 0.29) is 0 Å². The molecule has 0 bridgehead atoms. The Morgan fingerprint density at radius 3 is 2.95 bits per heavy atom. The molecule has 0 aromatic carbocycles. The molecule has 0 spiro atoms. The highest BCUT2D eigenvalue weighted by atomic mass is 16.5. The van der Waals surface area contributed by atoms with E-state index in [1.165, 1.54) is 5.56 Å². The van der Waals surface area contributed by atoms with Gasteiger partial charge in [-0.1, -0.05) is 0 Å². The van der Waals surface area contributed by atoms with Gasteiger partial charge in [0.05, 0.1) is 13.2 Å². The molecule has 2 aromatic rings. The Morgan fingerprint density at radius 1 is 1.37 bits per heavy atom. The van der Waals surface area contributed by atoms with Crippen LogP contribution >= 0.6 is 0 Å². The van der Waals surface area contributed by atoms with Gasteiger partial charge in [-0.3, -0.25) is 4.90 Å². The second-order valence-corrected chi connectivity index (χ2v) is 4.98. The molecule has 1 N–H and O–H groups in total. The third-order valence-electron chi connectivity index (χ3n) is 3.81. The van der Waals surface area contributed by atoms with Gasteiger partial charge in [0.15, 0.2) is 0 Å². The predicted octanol–water partition coefficient (Wildman–Crippen LogP) is 0.553. The van der Waals surface area contributed by atoms with E-state index in [1.807, 2.05) is 11.6 Å². The summed E-state index contributed by atoms with van der Waals surface area (Å²) in [6, 6.07) is 0.344. The smallest absolute Gasteiger partial charge is 0.241 e. The van der Waals surface area contributed by atoms with Crippen molar-refractivity contribution in [2.75, 3.05) is 33.8 Å². The molecule has 1 fully saturated rings. The second kappa shape index (κ2) is 4.79. The van der Waals surface area contributed by atoms with Gasteiger partial charge in [0.2, 0.25) is 5.88 Å². The third-order valence-corrected chi connectivity index (χ3v) is 3.81. The summed E-state index contributed by atoms with van der Waals surface area (Å²) in [5.41, 5.74) is 3.17. The largest absolute Gasteiger partial charge is 0.479 e.